The molecule has 0 heterocycles. The summed E-state index contributed by atoms with van der Waals surface area (Å²) in [5, 5.41) is 16.1. The summed E-state index contributed by atoms with van der Waals surface area (Å²) in [5.41, 5.74) is 0.139. The summed E-state index contributed by atoms with van der Waals surface area (Å²) in [7, 11) is 0. The fraction of sp³-hybridized carbons (Fsp3) is 0.550. The lowest BCUT2D eigenvalue weighted by atomic mass is 9.78. The number of esters is 1. The van der Waals surface area contributed by atoms with Gasteiger partial charge in [0.1, 0.15) is 0 Å². The van der Waals surface area contributed by atoms with Gasteiger partial charge in [-0.15, -0.1) is 0 Å². The van der Waals surface area contributed by atoms with E-state index < -0.39 is 16.8 Å². The van der Waals surface area contributed by atoms with Crippen molar-refractivity contribution < 1.29 is 24.0 Å². The number of nitro benzene ring substituents is 1. The molecule has 3 atom stereocenters. The van der Waals surface area contributed by atoms with E-state index in [1.165, 1.54) is 24.3 Å². The lowest BCUT2D eigenvalue weighted by Crippen LogP contribution is -2.45. The van der Waals surface area contributed by atoms with Gasteiger partial charge in [0, 0.05) is 30.3 Å². The van der Waals surface area contributed by atoms with Crippen LogP contribution < -0.4 is 10.6 Å². The molecule has 9 nitrogen and oxygen atoms in total. The number of benzene rings is 1. The summed E-state index contributed by atoms with van der Waals surface area (Å²) in [5.74, 6) is -0.423. The molecule has 0 saturated heterocycles. The molecular formula is C20H27N3O6. The van der Waals surface area contributed by atoms with E-state index >= 15 is 0 Å². The molecule has 2 amide bonds. The number of non-ortho nitro benzene ring substituents is 1. The molecule has 0 aromatic heterocycles. The van der Waals surface area contributed by atoms with E-state index in [0.29, 0.717) is 11.8 Å². The first-order valence-electron chi connectivity index (χ1n) is 9.75. The summed E-state index contributed by atoms with van der Waals surface area (Å²) < 4.78 is 4.96. The zero-order valence-electron chi connectivity index (χ0n) is 16.7. The van der Waals surface area contributed by atoms with Crippen molar-refractivity contribution >= 4 is 23.5 Å². The first-order valence-corrected chi connectivity index (χ1v) is 9.75. The van der Waals surface area contributed by atoms with Gasteiger partial charge in [0.25, 0.3) is 17.5 Å². The van der Waals surface area contributed by atoms with Crippen LogP contribution >= 0.6 is 0 Å². The number of carbonyl (C=O) groups excluding carboxylic acids is 3. The first kappa shape index (κ1) is 22.3. The minimum absolute atomic E-state index is 0.0352. The van der Waals surface area contributed by atoms with Crippen molar-refractivity contribution in [1.82, 2.24) is 10.6 Å². The van der Waals surface area contributed by atoms with E-state index in [2.05, 4.69) is 24.5 Å². The van der Waals surface area contributed by atoms with Gasteiger partial charge in [-0.05, 0) is 30.4 Å². The number of rotatable bonds is 8. The lowest BCUT2D eigenvalue weighted by Gasteiger charge is -2.34. The molecule has 0 radical (unpaired) electrons. The molecule has 1 aliphatic rings. The number of nitro groups is 1. The zero-order valence-corrected chi connectivity index (χ0v) is 16.7. The smallest absolute Gasteiger partial charge is 0.308 e. The fourth-order valence-corrected chi connectivity index (χ4v) is 3.37. The first-order chi connectivity index (χ1) is 13.8. The molecule has 2 rings (SSSR count). The average Bonchev–Trinajstić information content (AvgIpc) is 2.70. The van der Waals surface area contributed by atoms with Crippen LogP contribution in [-0.2, 0) is 14.3 Å². The maximum Gasteiger partial charge on any atom is 0.308 e. The van der Waals surface area contributed by atoms with E-state index in [0.717, 1.165) is 19.3 Å². The van der Waals surface area contributed by atoms with Crippen LogP contribution in [0.2, 0.25) is 0 Å². The highest BCUT2D eigenvalue weighted by Gasteiger charge is 2.28. The molecule has 0 spiro atoms. The van der Waals surface area contributed by atoms with Gasteiger partial charge >= 0.3 is 5.97 Å². The van der Waals surface area contributed by atoms with Crippen LogP contribution in [0.3, 0.4) is 0 Å². The van der Waals surface area contributed by atoms with E-state index in [-0.39, 0.29) is 42.8 Å². The maximum atomic E-state index is 12.0. The molecule has 1 aliphatic carbocycles. The van der Waals surface area contributed by atoms with E-state index in [9.17, 15) is 24.5 Å². The summed E-state index contributed by atoms with van der Waals surface area (Å²) in [6, 6.07) is 5.24. The SMILES string of the molecule is C[C@@H]1[C@H](C)CCC[C@@H]1NC(=O)COC(=O)CCNC(=O)c1ccc([N+](=O)[O-])cc1. The maximum absolute atomic E-state index is 12.0. The molecular weight excluding hydrogens is 378 g/mol. The molecule has 1 aromatic rings. The van der Waals surface area contributed by atoms with Crippen LogP contribution in [0.25, 0.3) is 0 Å². The molecule has 1 aromatic carbocycles. The predicted octanol–water partition coefficient (Wildman–Crippen LogP) is 2.20. The monoisotopic (exact) mass is 405 g/mol. The molecule has 2 N–H and O–H groups in total. The second-order valence-electron chi connectivity index (χ2n) is 7.41. The number of hydrogen-bond donors (Lipinski definition) is 2. The quantitative estimate of drug-likeness (QED) is 0.388. The highest BCUT2D eigenvalue weighted by atomic mass is 16.6. The Kier molecular flexibility index (Phi) is 8.11. The number of carbonyl (C=O) groups is 3. The third-order valence-electron chi connectivity index (χ3n) is 5.37. The van der Waals surface area contributed by atoms with Gasteiger partial charge in [-0.1, -0.05) is 26.7 Å². The van der Waals surface area contributed by atoms with Gasteiger partial charge < -0.3 is 15.4 Å². The normalized spacial score (nSPS) is 21.1. The van der Waals surface area contributed by atoms with Crippen molar-refractivity contribution in [3.63, 3.8) is 0 Å². The van der Waals surface area contributed by atoms with E-state index in [1.54, 1.807) is 0 Å². The Morgan fingerprint density at radius 1 is 1.17 bits per heavy atom. The Morgan fingerprint density at radius 3 is 2.52 bits per heavy atom. The molecule has 1 saturated carbocycles. The van der Waals surface area contributed by atoms with Crippen LogP contribution in [-0.4, -0.2) is 41.9 Å². The molecule has 1 fully saturated rings. The third-order valence-corrected chi connectivity index (χ3v) is 5.37. The fourth-order valence-electron chi connectivity index (χ4n) is 3.37. The number of ether oxygens (including phenoxy) is 1. The van der Waals surface area contributed by atoms with Crippen molar-refractivity contribution in [2.45, 2.75) is 45.6 Å². The lowest BCUT2D eigenvalue weighted by molar-refractivity contribution is -0.384. The van der Waals surface area contributed by atoms with Crippen LogP contribution in [0.5, 0.6) is 0 Å². The molecule has 29 heavy (non-hydrogen) atoms. The highest BCUT2D eigenvalue weighted by Crippen LogP contribution is 2.29. The van der Waals surface area contributed by atoms with Crippen molar-refractivity contribution in [1.29, 1.82) is 0 Å². The number of nitrogens with zero attached hydrogens (tertiary/aromatic N) is 1. The zero-order chi connectivity index (χ0) is 21.4. The second-order valence-corrected chi connectivity index (χ2v) is 7.41. The predicted molar refractivity (Wildman–Crippen MR) is 105 cm³/mol. The average molecular weight is 405 g/mol. The van der Waals surface area contributed by atoms with Crippen LogP contribution in [0.4, 0.5) is 5.69 Å². The van der Waals surface area contributed by atoms with Crippen LogP contribution in [0.1, 0.15) is 49.9 Å². The van der Waals surface area contributed by atoms with Gasteiger partial charge in [-0.25, -0.2) is 0 Å². The third kappa shape index (κ3) is 6.85. The summed E-state index contributed by atoms with van der Waals surface area (Å²) in [6.07, 6.45) is 3.08. The Balaban J connectivity index is 1.65. The summed E-state index contributed by atoms with van der Waals surface area (Å²) >= 11 is 0. The number of nitrogens with one attached hydrogen (secondary N) is 2. The van der Waals surface area contributed by atoms with Gasteiger partial charge in [-0.3, -0.25) is 24.5 Å². The molecule has 158 valence electrons. The largest absolute Gasteiger partial charge is 0.456 e. The van der Waals surface area contributed by atoms with Crippen LogP contribution in [0, 0.1) is 22.0 Å². The molecule has 0 aliphatic heterocycles. The van der Waals surface area contributed by atoms with Crippen molar-refractivity contribution in [3.05, 3.63) is 39.9 Å². The standard InChI is InChI=1S/C20H27N3O6/c1-13-4-3-5-17(14(13)2)22-18(24)12-29-19(25)10-11-21-20(26)15-6-8-16(9-7-15)23(27)28/h6-9,13-14,17H,3-5,10-12H2,1-2H3,(H,21,26)(H,22,24)/t13-,14-,17+/m1/s1. The topological polar surface area (TPSA) is 128 Å². The molecule has 0 bridgehead atoms. The summed E-state index contributed by atoms with van der Waals surface area (Å²) in [6.45, 7) is 3.99. The number of amides is 2. The minimum Gasteiger partial charge on any atom is -0.456 e. The van der Waals surface area contributed by atoms with Crippen molar-refractivity contribution in [2.75, 3.05) is 13.2 Å². The minimum atomic E-state index is -0.589. The van der Waals surface area contributed by atoms with Gasteiger partial charge in [0.2, 0.25) is 0 Å². The van der Waals surface area contributed by atoms with Gasteiger partial charge in [0.05, 0.1) is 11.3 Å². The summed E-state index contributed by atoms with van der Waals surface area (Å²) in [4.78, 5) is 45.8. The Labute approximate surface area is 169 Å². The van der Waals surface area contributed by atoms with Crippen molar-refractivity contribution in [3.8, 4) is 0 Å². The molecule has 9 heteroatoms. The van der Waals surface area contributed by atoms with Gasteiger partial charge in [0.15, 0.2) is 6.61 Å². The Hall–Kier alpha value is -2.97. The Morgan fingerprint density at radius 2 is 1.86 bits per heavy atom. The highest BCUT2D eigenvalue weighted by molar-refractivity contribution is 5.94. The second kappa shape index (κ2) is 10.5. The van der Waals surface area contributed by atoms with Gasteiger partial charge in [-0.2, -0.15) is 0 Å². The van der Waals surface area contributed by atoms with Crippen molar-refractivity contribution in [2.24, 2.45) is 11.8 Å². The van der Waals surface area contributed by atoms with Crippen LogP contribution in [0.15, 0.2) is 24.3 Å². The van der Waals surface area contributed by atoms with E-state index in [4.69, 9.17) is 4.74 Å². The molecule has 0 unspecified atom stereocenters. The number of hydrogen-bond acceptors (Lipinski definition) is 6. The van der Waals surface area contributed by atoms with E-state index in [1.807, 2.05) is 0 Å². The Bertz CT molecular complexity index is 749.